The number of aromatic amines is 1. The number of hydrogen-bond donors (Lipinski definition) is 1. The number of ether oxygens (including phenoxy) is 3. The standard InChI is InChI=1S/C29H40N2O5/c32-25-1-2-31(27(33)30-25)26-9-23(36-29-13-20-6-21(14-29)8-22(7-20)15-29)24(35-26)16-34-28-10-17-3-18(11-28)5-19(4-17)12-28/h1-2,17-24,26H,3-16H2,(H,30,32,33)/t17?,18?,19?,20?,21?,22?,23-,24+,26+,28?,29?/m0/s1. The van der Waals surface area contributed by atoms with Gasteiger partial charge in [0, 0.05) is 18.7 Å². The average Bonchev–Trinajstić information content (AvgIpc) is 3.17. The third-order valence-electron chi connectivity index (χ3n) is 11.3. The minimum absolute atomic E-state index is 0.0213. The van der Waals surface area contributed by atoms with Crippen LogP contribution in [0.4, 0.5) is 0 Å². The van der Waals surface area contributed by atoms with Crippen molar-refractivity contribution in [2.45, 2.75) is 113 Å². The monoisotopic (exact) mass is 496 g/mol. The molecule has 3 atom stereocenters. The van der Waals surface area contributed by atoms with Crippen LogP contribution in [0.5, 0.6) is 0 Å². The largest absolute Gasteiger partial charge is 0.372 e. The van der Waals surface area contributed by atoms with Gasteiger partial charge in [0.05, 0.1) is 23.9 Å². The summed E-state index contributed by atoms with van der Waals surface area (Å²) in [7, 11) is 0. The van der Waals surface area contributed by atoms with Crippen molar-refractivity contribution >= 4 is 0 Å². The van der Waals surface area contributed by atoms with E-state index in [-0.39, 0.29) is 29.0 Å². The van der Waals surface area contributed by atoms with Crippen LogP contribution in [-0.2, 0) is 14.2 Å². The highest BCUT2D eigenvalue weighted by atomic mass is 16.6. The lowest BCUT2D eigenvalue weighted by Crippen LogP contribution is -2.55. The Labute approximate surface area is 212 Å². The molecule has 0 amide bonds. The van der Waals surface area contributed by atoms with E-state index in [1.807, 2.05) is 0 Å². The maximum atomic E-state index is 12.6. The molecular formula is C29H40N2O5. The summed E-state index contributed by atoms with van der Waals surface area (Å²) in [4.78, 5) is 26.6. The van der Waals surface area contributed by atoms with Gasteiger partial charge in [-0.1, -0.05) is 0 Å². The molecule has 1 aromatic rings. The summed E-state index contributed by atoms with van der Waals surface area (Å²) in [6.07, 6.45) is 17.0. The van der Waals surface area contributed by atoms with Crippen LogP contribution in [0.2, 0.25) is 0 Å². The minimum atomic E-state index is -0.432. The Kier molecular flexibility index (Phi) is 5.03. The van der Waals surface area contributed by atoms with E-state index in [0.29, 0.717) is 13.0 Å². The number of nitrogens with zero attached hydrogens (tertiary/aromatic N) is 1. The van der Waals surface area contributed by atoms with Crippen molar-refractivity contribution < 1.29 is 14.2 Å². The Morgan fingerprint density at radius 3 is 1.86 bits per heavy atom. The molecule has 2 heterocycles. The first-order valence-electron chi connectivity index (χ1n) is 14.7. The van der Waals surface area contributed by atoms with Gasteiger partial charge < -0.3 is 14.2 Å². The van der Waals surface area contributed by atoms with Crippen LogP contribution in [0.15, 0.2) is 21.9 Å². The summed E-state index contributed by atoms with van der Waals surface area (Å²) in [6, 6.07) is 1.40. The second kappa shape index (κ2) is 8.03. The Balaban J connectivity index is 1.04. The summed E-state index contributed by atoms with van der Waals surface area (Å²) < 4.78 is 22.1. The van der Waals surface area contributed by atoms with Gasteiger partial charge in [-0.2, -0.15) is 0 Å². The molecule has 7 nitrogen and oxygen atoms in total. The van der Waals surface area contributed by atoms with Gasteiger partial charge in [-0.25, -0.2) is 4.79 Å². The topological polar surface area (TPSA) is 82.5 Å². The summed E-state index contributed by atoms with van der Waals surface area (Å²) in [5.74, 6) is 4.97. The molecule has 8 aliphatic carbocycles. The van der Waals surface area contributed by atoms with Crippen LogP contribution in [0, 0.1) is 35.5 Å². The van der Waals surface area contributed by atoms with E-state index in [1.54, 1.807) is 6.20 Å². The fourth-order valence-electron chi connectivity index (χ4n) is 10.8. The zero-order chi connectivity index (χ0) is 24.1. The van der Waals surface area contributed by atoms with Crippen molar-refractivity contribution in [1.29, 1.82) is 0 Å². The van der Waals surface area contributed by atoms with E-state index in [4.69, 9.17) is 14.2 Å². The number of rotatable bonds is 6. The van der Waals surface area contributed by atoms with E-state index in [9.17, 15) is 9.59 Å². The fourth-order valence-corrected chi connectivity index (χ4v) is 10.8. The molecule has 7 heteroatoms. The molecule has 0 radical (unpaired) electrons. The van der Waals surface area contributed by atoms with Gasteiger partial charge in [-0.15, -0.1) is 0 Å². The van der Waals surface area contributed by atoms with Crippen molar-refractivity contribution in [2.24, 2.45) is 35.5 Å². The van der Waals surface area contributed by atoms with Crippen LogP contribution in [0.25, 0.3) is 0 Å². The molecule has 1 N–H and O–H groups in total. The summed E-state index contributed by atoms with van der Waals surface area (Å²) >= 11 is 0. The molecule has 196 valence electrons. The number of H-pyrrole nitrogens is 1. The fraction of sp³-hybridized carbons (Fsp3) is 0.862. The smallest absolute Gasteiger partial charge is 0.330 e. The van der Waals surface area contributed by atoms with E-state index in [1.165, 1.54) is 87.7 Å². The lowest BCUT2D eigenvalue weighted by molar-refractivity contribution is -0.217. The Hall–Kier alpha value is -1.44. The van der Waals surface area contributed by atoms with Crippen molar-refractivity contribution in [1.82, 2.24) is 9.55 Å². The van der Waals surface area contributed by atoms with Crippen LogP contribution >= 0.6 is 0 Å². The molecule has 0 spiro atoms. The van der Waals surface area contributed by atoms with Gasteiger partial charge >= 0.3 is 5.69 Å². The molecule has 0 unspecified atom stereocenters. The first-order chi connectivity index (χ1) is 17.4. The van der Waals surface area contributed by atoms with Gasteiger partial charge in [0.1, 0.15) is 12.3 Å². The van der Waals surface area contributed by atoms with Gasteiger partial charge in [0.15, 0.2) is 0 Å². The van der Waals surface area contributed by atoms with Crippen molar-refractivity contribution in [3.63, 3.8) is 0 Å². The lowest BCUT2D eigenvalue weighted by atomic mass is 9.54. The van der Waals surface area contributed by atoms with Gasteiger partial charge in [0.25, 0.3) is 5.56 Å². The minimum Gasteiger partial charge on any atom is -0.372 e. The molecular weight excluding hydrogens is 456 g/mol. The van der Waals surface area contributed by atoms with Crippen LogP contribution in [-0.4, -0.2) is 39.6 Å². The highest BCUT2D eigenvalue weighted by Gasteiger charge is 2.55. The Morgan fingerprint density at radius 1 is 0.806 bits per heavy atom. The second-order valence-electron chi connectivity index (χ2n) is 14.1. The molecule has 0 aromatic carbocycles. The summed E-state index contributed by atoms with van der Waals surface area (Å²) in [5.41, 5.74) is -0.788. The Morgan fingerprint density at radius 2 is 1.33 bits per heavy atom. The zero-order valence-electron chi connectivity index (χ0n) is 21.2. The molecule has 1 aromatic heterocycles. The van der Waals surface area contributed by atoms with Crippen LogP contribution in [0.1, 0.15) is 89.7 Å². The predicted octanol–water partition coefficient (Wildman–Crippen LogP) is 4.16. The van der Waals surface area contributed by atoms with E-state index >= 15 is 0 Å². The lowest BCUT2D eigenvalue weighted by Gasteiger charge is -2.57. The molecule has 1 aliphatic heterocycles. The first kappa shape index (κ1) is 22.5. The molecule has 10 rings (SSSR count). The average molecular weight is 497 g/mol. The van der Waals surface area contributed by atoms with E-state index < -0.39 is 11.9 Å². The first-order valence-corrected chi connectivity index (χ1v) is 14.7. The highest BCUT2D eigenvalue weighted by molar-refractivity contribution is 5.06. The van der Waals surface area contributed by atoms with Gasteiger partial charge in [-0.05, 0) is 113 Å². The maximum absolute atomic E-state index is 12.6. The quantitative estimate of drug-likeness (QED) is 0.639. The van der Waals surface area contributed by atoms with Crippen molar-refractivity contribution in [3.05, 3.63) is 33.1 Å². The van der Waals surface area contributed by atoms with Crippen molar-refractivity contribution in [2.75, 3.05) is 6.61 Å². The highest BCUT2D eigenvalue weighted by Crippen LogP contribution is 2.59. The third kappa shape index (κ3) is 3.79. The zero-order valence-corrected chi connectivity index (χ0v) is 21.2. The number of nitrogens with one attached hydrogen (secondary N) is 1. The van der Waals surface area contributed by atoms with E-state index in [0.717, 1.165) is 35.5 Å². The van der Waals surface area contributed by atoms with Gasteiger partial charge in [0.2, 0.25) is 0 Å². The van der Waals surface area contributed by atoms with Crippen LogP contribution in [0.3, 0.4) is 0 Å². The third-order valence-corrected chi connectivity index (χ3v) is 11.3. The van der Waals surface area contributed by atoms with Crippen molar-refractivity contribution in [3.8, 4) is 0 Å². The normalized spacial score (nSPS) is 50.3. The number of hydrogen-bond acceptors (Lipinski definition) is 5. The Bertz CT molecular complexity index is 1070. The SMILES string of the molecule is O=c1ccn([C@H]2C[C@H](OC34CC5CC(CC(C5)C3)C4)[C@@H](COC34CC5CC(CC(C5)C3)C4)O2)c(=O)[nH]1. The summed E-state index contributed by atoms with van der Waals surface area (Å²) in [6.45, 7) is 0.539. The number of aromatic nitrogens is 2. The molecule has 36 heavy (non-hydrogen) atoms. The van der Waals surface area contributed by atoms with E-state index in [2.05, 4.69) is 4.98 Å². The molecule has 8 bridgehead atoms. The van der Waals surface area contributed by atoms with Crippen LogP contribution < -0.4 is 11.2 Å². The molecule has 1 saturated heterocycles. The van der Waals surface area contributed by atoms with Gasteiger partial charge in [-0.3, -0.25) is 14.3 Å². The second-order valence-corrected chi connectivity index (χ2v) is 14.1. The molecule has 8 saturated carbocycles. The summed E-state index contributed by atoms with van der Waals surface area (Å²) in [5, 5.41) is 0. The maximum Gasteiger partial charge on any atom is 0.330 e. The predicted molar refractivity (Wildman–Crippen MR) is 132 cm³/mol. The molecule has 9 fully saturated rings. The molecule has 9 aliphatic rings.